The predicted octanol–water partition coefficient (Wildman–Crippen LogP) is 12.5. The quantitative estimate of drug-likeness (QED) is 0.179. The minimum Gasteiger partial charge on any atom is -0.310 e. The highest BCUT2D eigenvalue weighted by molar-refractivity contribution is 6.02. The average molecular weight is 574 g/mol. The van der Waals surface area contributed by atoms with Gasteiger partial charge in [0.2, 0.25) is 0 Å². The molecular formula is C44H31N. The van der Waals surface area contributed by atoms with Crippen molar-refractivity contribution in [2.45, 2.75) is 0 Å². The maximum absolute atomic E-state index is 2.33. The zero-order valence-corrected chi connectivity index (χ0v) is 24.8. The van der Waals surface area contributed by atoms with E-state index >= 15 is 0 Å². The fourth-order valence-corrected chi connectivity index (χ4v) is 6.37. The molecule has 0 aliphatic carbocycles. The Balaban J connectivity index is 1.17. The highest BCUT2D eigenvalue weighted by Crippen LogP contribution is 2.38. The van der Waals surface area contributed by atoms with Gasteiger partial charge in [0.1, 0.15) is 0 Å². The van der Waals surface area contributed by atoms with Crippen LogP contribution in [0.1, 0.15) is 0 Å². The van der Waals surface area contributed by atoms with Gasteiger partial charge in [-0.2, -0.15) is 0 Å². The molecule has 0 aliphatic heterocycles. The van der Waals surface area contributed by atoms with Crippen LogP contribution in [0.15, 0.2) is 188 Å². The number of para-hydroxylation sites is 2. The van der Waals surface area contributed by atoms with Crippen LogP contribution in [0.4, 0.5) is 17.1 Å². The van der Waals surface area contributed by atoms with Gasteiger partial charge in [-0.25, -0.2) is 0 Å². The molecule has 0 saturated heterocycles. The van der Waals surface area contributed by atoms with Crippen molar-refractivity contribution in [1.29, 1.82) is 0 Å². The van der Waals surface area contributed by atoms with Crippen molar-refractivity contribution in [2.24, 2.45) is 0 Å². The molecule has 1 nitrogen and oxygen atoms in total. The Bertz CT molecular complexity index is 2210. The summed E-state index contributed by atoms with van der Waals surface area (Å²) in [4.78, 5) is 2.31. The van der Waals surface area contributed by atoms with E-state index in [0.29, 0.717) is 0 Å². The molecule has 0 amide bonds. The van der Waals surface area contributed by atoms with Crippen molar-refractivity contribution in [3.8, 4) is 33.4 Å². The summed E-state index contributed by atoms with van der Waals surface area (Å²) in [5, 5.41) is 4.98. The van der Waals surface area contributed by atoms with E-state index < -0.39 is 0 Å². The summed E-state index contributed by atoms with van der Waals surface area (Å²) < 4.78 is 0. The Morgan fingerprint density at radius 1 is 0.244 bits per heavy atom. The van der Waals surface area contributed by atoms with Crippen molar-refractivity contribution >= 4 is 38.6 Å². The van der Waals surface area contributed by atoms with Gasteiger partial charge in [-0.1, -0.05) is 127 Å². The number of hydrogen-bond acceptors (Lipinski definition) is 1. The van der Waals surface area contributed by atoms with Crippen molar-refractivity contribution in [1.82, 2.24) is 0 Å². The summed E-state index contributed by atoms with van der Waals surface area (Å²) in [5.74, 6) is 0. The van der Waals surface area contributed by atoms with Gasteiger partial charge in [0, 0.05) is 17.1 Å². The van der Waals surface area contributed by atoms with Gasteiger partial charge in [0.05, 0.1) is 0 Å². The van der Waals surface area contributed by atoms with Crippen LogP contribution < -0.4 is 4.90 Å². The Morgan fingerprint density at radius 2 is 0.689 bits per heavy atom. The van der Waals surface area contributed by atoms with Crippen LogP contribution in [0.2, 0.25) is 0 Å². The molecule has 0 atom stereocenters. The predicted molar refractivity (Wildman–Crippen MR) is 192 cm³/mol. The molecule has 0 N–H and O–H groups in total. The Labute approximate surface area is 264 Å². The second-order valence-corrected chi connectivity index (χ2v) is 11.4. The van der Waals surface area contributed by atoms with Gasteiger partial charge >= 0.3 is 0 Å². The fourth-order valence-electron chi connectivity index (χ4n) is 6.37. The van der Waals surface area contributed by atoms with E-state index in [4.69, 9.17) is 0 Å². The summed E-state index contributed by atoms with van der Waals surface area (Å²) in [6.07, 6.45) is 0. The Hall–Kier alpha value is -5.92. The molecule has 45 heavy (non-hydrogen) atoms. The lowest BCUT2D eigenvalue weighted by Gasteiger charge is -2.26. The zero-order valence-electron chi connectivity index (χ0n) is 24.8. The SMILES string of the molecule is c1ccc(-c2ccccc2-c2ccc3cc4cc(-c5cccc(N(c6ccccc6)c6ccccc6)c5)ccc4cc3c2)cc1. The van der Waals surface area contributed by atoms with E-state index in [1.54, 1.807) is 0 Å². The van der Waals surface area contributed by atoms with Crippen LogP contribution in [-0.2, 0) is 0 Å². The number of nitrogens with zero attached hydrogens (tertiary/aromatic N) is 1. The van der Waals surface area contributed by atoms with E-state index in [1.807, 2.05) is 0 Å². The lowest BCUT2D eigenvalue weighted by molar-refractivity contribution is 1.28. The monoisotopic (exact) mass is 573 g/mol. The molecule has 1 heteroatoms. The smallest absolute Gasteiger partial charge is 0.0467 e. The molecule has 0 saturated carbocycles. The molecule has 0 radical (unpaired) electrons. The van der Waals surface area contributed by atoms with Gasteiger partial charge in [0.25, 0.3) is 0 Å². The van der Waals surface area contributed by atoms with E-state index in [2.05, 4.69) is 193 Å². The maximum Gasteiger partial charge on any atom is 0.0467 e. The highest BCUT2D eigenvalue weighted by Gasteiger charge is 2.13. The second kappa shape index (κ2) is 11.6. The van der Waals surface area contributed by atoms with Crippen LogP contribution in [0.5, 0.6) is 0 Å². The van der Waals surface area contributed by atoms with Crippen molar-refractivity contribution in [3.05, 3.63) is 188 Å². The molecule has 0 aliphatic rings. The normalized spacial score (nSPS) is 11.1. The third kappa shape index (κ3) is 5.26. The van der Waals surface area contributed by atoms with Crippen LogP contribution in [0.25, 0.3) is 54.9 Å². The van der Waals surface area contributed by atoms with Gasteiger partial charge in [0.15, 0.2) is 0 Å². The largest absolute Gasteiger partial charge is 0.310 e. The summed E-state index contributed by atoms with van der Waals surface area (Å²) in [5.41, 5.74) is 10.8. The number of benzene rings is 8. The van der Waals surface area contributed by atoms with Crippen molar-refractivity contribution in [3.63, 3.8) is 0 Å². The molecule has 8 aromatic carbocycles. The summed E-state index contributed by atoms with van der Waals surface area (Å²) >= 11 is 0. The molecule has 0 bridgehead atoms. The topological polar surface area (TPSA) is 3.24 Å². The maximum atomic E-state index is 2.33. The zero-order chi connectivity index (χ0) is 30.0. The minimum absolute atomic E-state index is 1.13. The first-order chi connectivity index (χ1) is 22.3. The van der Waals surface area contributed by atoms with Gasteiger partial charge < -0.3 is 4.90 Å². The van der Waals surface area contributed by atoms with E-state index in [-0.39, 0.29) is 0 Å². The molecular weight excluding hydrogens is 542 g/mol. The average Bonchev–Trinajstić information content (AvgIpc) is 3.12. The van der Waals surface area contributed by atoms with Crippen molar-refractivity contribution < 1.29 is 0 Å². The molecule has 0 heterocycles. The summed E-state index contributed by atoms with van der Waals surface area (Å²) in [6, 6.07) is 67.6. The second-order valence-electron chi connectivity index (χ2n) is 11.4. The van der Waals surface area contributed by atoms with Crippen LogP contribution in [0.3, 0.4) is 0 Å². The molecule has 0 fully saturated rings. The third-order valence-electron chi connectivity index (χ3n) is 8.58. The van der Waals surface area contributed by atoms with Crippen LogP contribution in [-0.4, -0.2) is 0 Å². The standard InChI is InChI=1S/C44H31N/c1-4-13-32(14-5-1)43-21-10-11-22-44(43)37-26-25-36-28-38-27-34(23-24-35(38)29-39(36)30-37)33-15-12-20-42(31-33)45(40-16-6-2-7-17-40)41-18-8-3-9-19-41/h1-31H. The first-order valence-electron chi connectivity index (χ1n) is 15.4. The van der Waals surface area contributed by atoms with Crippen LogP contribution in [0, 0.1) is 0 Å². The molecule has 212 valence electrons. The lowest BCUT2D eigenvalue weighted by Crippen LogP contribution is -2.09. The highest BCUT2D eigenvalue weighted by atomic mass is 15.1. The van der Waals surface area contributed by atoms with Crippen molar-refractivity contribution in [2.75, 3.05) is 4.90 Å². The first kappa shape index (κ1) is 26.7. The Kier molecular flexibility index (Phi) is 6.90. The number of hydrogen-bond donors (Lipinski definition) is 0. The fraction of sp³-hybridized carbons (Fsp3) is 0. The third-order valence-corrected chi connectivity index (χ3v) is 8.58. The first-order valence-corrected chi connectivity index (χ1v) is 15.4. The molecule has 8 rings (SSSR count). The number of rotatable bonds is 6. The van der Waals surface area contributed by atoms with E-state index in [9.17, 15) is 0 Å². The van der Waals surface area contributed by atoms with Crippen LogP contribution >= 0.6 is 0 Å². The van der Waals surface area contributed by atoms with E-state index in [0.717, 1.165) is 17.1 Å². The molecule has 0 unspecified atom stereocenters. The van der Waals surface area contributed by atoms with Gasteiger partial charge in [-0.05, 0) is 116 Å². The summed E-state index contributed by atoms with van der Waals surface area (Å²) in [7, 11) is 0. The van der Waals surface area contributed by atoms with Gasteiger partial charge in [-0.3, -0.25) is 0 Å². The van der Waals surface area contributed by atoms with Gasteiger partial charge in [-0.15, -0.1) is 0 Å². The lowest BCUT2D eigenvalue weighted by atomic mass is 9.92. The molecule has 0 aromatic heterocycles. The number of anilines is 3. The molecule has 8 aromatic rings. The molecule has 0 spiro atoms. The van der Waals surface area contributed by atoms with E-state index in [1.165, 1.54) is 54.9 Å². The Morgan fingerprint density at radius 3 is 1.31 bits per heavy atom. The number of fused-ring (bicyclic) bond motifs is 2. The minimum atomic E-state index is 1.13. The summed E-state index contributed by atoms with van der Waals surface area (Å²) in [6.45, 7) is 0.